The first-order valence-electron chi connectivity index (χ1n) is 8.87. The Bertz CT molecular complexity index is 588. The lowest BCUT2D eigenvalue weighted by atomic mass is 10.1. The van der Waals surface area contributed by atoms with Gasteiger partial charge < -0.3 is 14.5 Å². The predicted molar refractivity (Wildman–Crippen MR) is 91.8 cm³/mol. The van der Waals surface area contributed by atoms with Crippen molar-refractivity contribution < 1.29 is 14.3 Å². The number of benzene rings is 1. The van der Waals surface area contributed by atoms with E-state index in [0.717, 1.165) is 24.2 Å². The van der Waals surface area contributed by atoms with Crippen LogP contribution in [0, 0.1) is 5.92 Å². The molecule has 130 valence electrons. The van der Waals surface area contributed by atoms with Crippen LogP contribution in [0.15, 0.2) is 24.3 Å². The molecule has 1 aromatic carbocycles. The Kier molecular flexibility index (Phi) is 5.38. The molecule has 2 aliphatic rings. The van der Waals surface area contributed by atoms with E-state index < -0.39 is 0 Å². The average Bonchev–Trinajstić information content (AvgIpc) is 3.16. The van der Waals surface area contributed by atoms with Crippen molar-refractivity contribution in [1.29, 1.82) is 0 Å². The molecule has 1 aromatic rings. The number of carbonyl (C=O) groups excluding carboxylic acids is 2. The highest BCUT2D eigenvalue weighted by Gasteiger charge is 2.30. The average molecular weight is 330 g/mol. The largest absolute Gasteiger partial charge is 0.496 e. The van der Waals surface area contributed by atoms with Crippen molar-refractivity contribution in [3.8, 4) is 5.75 Å². The molecule has 1 aliphatic heterocycles. The molecule has 1 aliphatic carbocycles. The van der Waals surface area contributed by atoms with Crippen molar-refractivity contribution in [2.45, 2.75) is 32.1 Å². The molecule has 0 bridgehead atoms. The molecule has 0 radical (unpaired) electrons. The summed E-state index contributed by atoms with van der Waals surface area (Å²) >= 11 is 0. The standard InChI is InChI=1S/C19H26N2O3/c1-24-17-9-5-4-8-16(17)14-18(22)20-10-12-21(13-11-20)19(23)15-6-2-3-7-15/h4-5,8-9,15H,2-3,6-7,10-14H2,1H3. The maximum absolute atomic E-state index is 12.5. The molecule has 5 nitrogen and oxygen atoms in total. The van der Waals surface area contributed by atoms with Gasteiger partial charge >= 0.3 is 0 Å². The van der Waals surface area contributed by atoms with Gasteiger partial charge in [0.05, 0.1) is 13.5 Å². The van der Waals surface area contributed by atoms with Crippen LogP contribution in [0.2, 0.25) is 0 Å². The fourth-order valence-electron chi connectivity index (χ4n) is 3.73. The van der Waals surface area contributed by atoms with Crippen molar-refractivity contribution in [2.24, 2.45) is 5.92 Å². The molecule has 1 saturated carbocycles. The predicted octanol–water partition coefficient (Wildman–Crippen LogP) is 2.10. The Balaban J connectivity index is 1.52. The molecular formula is C19H26N2O3. The van der Waals surface area contributed by atoms with Gasteiger partial charge in [-0.05, 0) is 18.9 Å². The first-order chi connectivity index (χ1) is 11.7. The van der Waals surface area contributed by atoms with Gasteiger partial charge in [0.2, 0.25) is 11.8 Å². The molecule has 1 heterocycles. The van der Waals surface area contributed by atoms with Crippen molar-refractivity contribution in [1.82, 2.24) is 9.80 Å². The van der Waals surface area contributed by atoms with Crippen LogP contribution in [0.1, 0.15) is 31.2 Å². The number of amides is 2. The van der Waals surface area contributed by atoms with Crippen molar-refractivity contribution in [3.63, 3.8) is 0 Å². The number of rotatable bonds is 4. The SMILES string of the molecule is COc1ccccc1CC(=O)N1CCN(C(=O)C2CCCC2)CC1. The van der Waals surface area contributed by atoms with E-state index in [1.165, 1.54) is 12.8 Å². The molecular weight excluding hydrogens is 304 g/mol. The summed E-state index contributed by atoms with van der Waals surface area (Å²) in [4.78, 5) is 28.8. The number of hydrogen-bond donors (Lipinski definition) is 0. The zero-order chi connectivity index (χ0) is 16.9. The summed E-state index contributed by atoms with van der Waals surface area (Å²) in [6.45, 7) is 2.58. The highest BCUT2D eigenvalue weighted by molar-refractivity contribution is 5.81. The lowest BCUT2D eigenvalue weighted by Gasteiger charge is -2.36. The monoisotopic (exact) mass is 330 g/mol. The normalized spacial score (nSPS) is 18.7. The van der Waals surface area contributed by atoms with E-state index in [2.05, 4.69) is 0 Å². The van der Waals surface area contributed by atoms with Crippen LogP contribution < -0.4 is 4.74 Å². The summed E-state index contributed by atoms with van der Waals surface area (Å²) in [6.07, 6.45) is 4.76. The molecule has 0 aromatic heterocycles. The van der Waals surface area contributed by atoms with Gasteiger partial charge in [-0.15, -0.1) is 0 Å². The van der Waals surface area contributed by atoms with E-state index in [0.29, 0.717) is 38.5 Å². The molecule has 2 fully saturated rings. The van der Waals surface area contributed by atoms with Gasteiger partial charge in [-0.1, -0.05) is 31.0 Å². The molecule has 2 amide bonds. The molecule has 0 atom stereocenters. The number of piperazine rings is 1. The van der Waals surface area contributed by atoms with Crippen LogP contribution in [0.3, 0.4) is 0 Å². The summed E-state index contributed by atoms with van der Waals surface area (Å²) in [5.74, 6) is 1.37. The number of methoxy groups -OCH3 is 1. The maximum atomic E-state index is 12.5. The fraction of sp³-hybridized carbons (Fsp3) is 0.579. The Hall–Kier alpha value is -2.04. The van der Waals surface area contributed by atoms with Crippen molar-refractivity contribution in [2.75, 3.05) is 33.3 Å². The highest BCUT2D eigenvalue weighted by atomic mass is 16.5. The summed E-state index contributed by atoms with van der Waals surface area (Å²) in [5, 5.41) is 0. The Labute approximate surface area is 143 Å². The molecule has 3 rings (SSSR count). The summed E-state index contributed by atoms with van der Waals surface area (Å²) in [5.41, 5.74) is 0.912. The third-order valence-electron chi connectivity index (χ3n) is 5.18. The third-order valence-corrected chi connectivity index (χ3v) is 5.18. The van der Waals surface area contributed by atoms with Crippen LogP contribution in [0.25, 0.3) is 0 Å². The minimum absolute atomic E-state index is 0.104. The van der Waals surface area contributed by atoms with Gasteiger partial charge in [0.15, 0.2) is 0 Å². The van der Waals surface area contributed by atoms with E-state index >= 15 is 0 Å². The van der Waals surface area contributed by atoms with Crippen LogP contribution in [0.4, 0.5) is 0 Å². The molecule has 0 spiro atoms. The number of nitrogens with zero attached hydrogens (tertiary/aromatic N) is 2. The maximum Gasteiger partial charge on any atom is 0.227 e. The Morgan fingerprint density at radius 3 is 2.33 bits per heavy atom. The second kappa shape index (κ2) is 7.69. The van der Waals surface area contributed by atoms with Crippen LogP contribution >= 0.6 is 0 Å². The second-order valence-corrected chi connectivity index (χ2v) is 6.68. The fourth-order valence-corrected chi connectivity index (χ4v) is 3.73. The third kappa shape index (κ3) is 3.71. The van der Waals surface area contributed by atoms with Gasteiger partial charge in [-0.25, -0.2) is 0 Å². The second-order valence-electron chi connectivity index (χ2n) is 6.68. The van der Waals surface area contributed by atoms with Gasteiger partial charge in [0, 0.05) is 37.7 Å². The van der Waals surface area contributed by atoms with E-state index in [1.54, 1.807) is 7.11 Å². The summed E-state index contributed by atoms with van der Waals surface area (Å²) < 4.78 is 5.32. The van der Waals surface area contributed by atoms with E-state index in [1.807, 2.05) is 34.1 Å². The summed E-state index contributed by atoms with van der Waals surface area (Å²) in [7, 11) is 1.62. The quantitative estimate of drug-likeness (QED) is 0.849. The van der Waals surface area contributed by atoms with Crippen molar-refractivity contribution in [3.05, 3.63) is 29.8 Å². The number of hydrogen-bond acceptors (Lipinski definition) is 3. The molecule has 0 N–H and O–H groups in total. The lowest BCUT2D eigenvalue weighted by molar-refractivity contribution is -0.141. The molecule has 5 heteroatoms. The van der Waals surface area contributed by atoms with E-state index in [9.17, 15) is 9.59 Å². The smallest absolute Gasteiger partial charge is 0.227 e. The highest BCUT2D eigenvalue weighted by Crippen LogP contribution is 2.27. The van der Waals surface area contributed by atoms with Crippen LogP contribution in [-0.2, 0) is 16.0 Å². The zero-order valence-electron chi connectivity index (χ0n) is 14.4. The van der Waals surface area contributed by atoms with E-state index in [-0.39, 0.29) is 11.8 Å². The van der Waals surface area contributed by atoms with Gasteiger partial charge in [-0.3, -0.25) is 9.59 Å². The van der Waals surface area contributed by atoms with Crippen molar-refractivity contribution >= 4 is 11.8 Å². The Morgan fingerprint density at radius 1 is 1.04 bits per heavy atom. The summed E-state index contributed by atoms with van der Waals surface area (Å²) in [6, 6.07) is 7.63. The molecule has 0 unspecified atom stereocenters. The van der Waals surface area contributed by atoms with Gasteiger partial charge in [-0.2, -0.15) is 0 Å². The minimum Gasteiger partial charge on any atom is -0.496 e. The number of carbonyl (C=O) groups is 2. The van der Waals surface area contributed by atoms with Gasteiger partial charge in [0.25, 0.3) is 0 Å². The van der Waals surface area contributed by atoms with Crippen LogP contribution in [0.5, 0.6) is 5.75 Å². The first-order valence-corrected chi connectivity index (χ1v) is 8.87. The Morgan fingerprint density at radius 2 is 1.67 bits per heavy atom. The topological polar surface area (TPSA) is 49.9 Å². The molecule has 24 heavy (non-hydrogen) atoms. The van der Waals surface area contributed by atoms with Gasteiger partial charge in [0.1, 0.15) is 5.75 Å². The van der Waals surface area contributed by atoms with Crippen LogP contribution in [-0.4, -0.2) is 54.9 Å². The molecule has 1 saturated heterocycles. The zero-order valence-corrected chi connectivity index (χ0v) is 14.4. The minimum atomic E-state index is 0.104. The van der Waals surface area contributed by atoms with E-state index in [4.69, 9.17) is 4.74 Å². The first kappa shape index (κ1) is 16.8. The number of ether oxygens (including phenoxy) is 1. The lowest BCUT2D eigenvalue weighted by Crippen LogP contribution is -2.52. The number of para-hydroxylation sites is 1.